The summed E-state index contributed by atoms with van der Waals surface area (Å²) in [5.74, 6) is 0.338. The van der Waals surface area contributed by atoms with E-state index in [1.807, 2.05) is 29.2 Å². The Morgan fingerprint density at radius 1 is 1.14 bits per heavy atom. The molecule has 1 saturated heterocycles. The third-order valence-corrected chi connectivity index (χ3v) is 5.43. The largest absolute Gasteiger partial charge is 0.377 e. The van der Waals surface area contributed by atoms with Gasteiger partial charge in [-0.3, -0.25) is 9.89 Å². The van der Waals surface area contributed by atoms with Crippen molar-refractivity contribution in [2.75, 3.05) is 19.7 Å². The maximum absolute atomic E-state index is 12.9. The summed E-state index contributed by atoms with van der Waals surface area (Å²) >= 11 is 0. The number of piperidine rings is 1. The van der Waals surface area contributed by atoms with E-state index in [4.69, 9.17) is 4.74 Å². The Hall–Kier alpha value is -2.73. The van der Waals surface area contributed by atoms with Gasteiger partial charge >= 0.3 is 0 Å². The molecule has 0 radical (unpaired) electrons. The Balaban J connectivity index is 1.22. The molecule has 0 bridgehead atoms. The number of rotatable bonds is 6. The fourth-order valence-corrected chi connectivity index (χ4v) is 3.72. The van der Waals surface area contributed by atoms with E-state index < -0.39 is 0 Å². The molecule has 1 amide bonds. The molecule has 1 aromatic heterocycles. The van der Waals surface area contributed by atoms with E-state index >= 15 is 0 Å². The van der Waals surface area contributed by atoms with Crippen molar-refractivity contribution < 1.29 is 13.9 Å². The number of aromatic nitrogens is 2. The molecular weight excluding hydrogens is 357 g/mol. The van der Waals surface area contributed by atoms with Gasteiger partial charge in [0.25, 0.3) is 5.91 Å². The zero-order chi connectivity index (χ0) is 19.3. The number of H-pyrrole nitrogens is 1. The van der Waals surface area contributed by atoms with Crippen LogP contribution >= 0.6 is 0 Å². The van der Waals surface area contributed by atoms with Crippen molar-refractivity contribution in [3.63, 3.8) is 0 Å². The van der Waals surface area contributed by atoms with Crippen molar-refractivity contribution in [2.24, 2.45) is 5.92 Å². The summed E-state index contributed by atoms with van der Waals surface area (Å²) in [7, 11) is 0. The molecular formula is C22H24FN3O2. The molecule has 1 aliphatic heterocycles. The number of hydrogen-bond donors (Lipinski definition) is 1. The van der Waals surface area contributed by atoms with E-state index in [1.165, 1.54) is 12.1 Å². The summed E-state index contributed by atoms with van der Waals surface area (Å²) in [5.41, 5.74) is 2.38. The standard InChI is InChI=1S/C22H24FN3O2/c23-18-7-5-17(6-8-18)15-28-14-11-16-9-12-26(13-10-16)22(27)21-19-3-1-2-4-20(19)24-25-21/h1-8,16H,9-15H2,(H,24,25). The minimum absolute atomic E-state index is 0.00320. The molecule has 2 aromatic carbocycles. The number of ether oxygens (including phenoxy) is 1. The van der Waals surface area contributed by atoms with Gasteiger partial charge in [0.15, 0.2) is 5.69 Å². The molecule has 1 aliphatic rings. The van der Waals surface area contributed by atoms with E-state index in [0.717, 1.165) is 48.8 Å². The number of fused-ring (bicyclic) bond motifs is 1. The van der Waals surface area contributed by atoms with Gasteiger partial charge in [0.2, 0.25) is 0 Å². The minimum Gasteiger partial charge on any atom is -0.377 e. The average molecular weight is 381 g/mol. The van der Waals surface area contributed by atoms with Gasteiger partial charge < -0.3 is 9.64 Å². The number of amides is 1. The van der Waals surface area contributed by atoms with Gasteiger partial charge in [-0.05, 0) is 48.9 Å². The smallest absolute Gasteiger partial charge is 0.274 e. The number of nitrogens with one attached hydrogen (secondary N) is 1. The lowest BCUT2D eigenvalue weighted by molar-refractivity contribution is 0.0635. The van der Waals surface area contributed by atoms with Crippen LogP contribution in [0.4, 0.5) is 4.39 Å². The highest BCUT2D eigenvalue weighted by Crippen LogP contribution is 2.24. The van der Waals surface area contributed by atoms with Crippen LogP contribution in [-0.4, -0.2) is 40.7 Å². The van der Waals surface area contributed by atoms with Crippen molar-refractivity contribution in [3.8, 4) is 0 Å². The Bertz CT molecular complexity index is 930. The second-order valence-electron chi connectivity index (χ2n) is 7.32. The first-order valence-electron chi connectivity index (χ1n) is 9.75. The molecule has 0 saturated carbocycles. The van der Waals surface area contributed by atoms with Crippen LogP contribution < -0.4 is 0 Å². The first-order valence-corrected chi connectivity index (χ1v) is 9.75. The highest BCUT2D eigenvalue weighted by atomic mass is 19.1. The highest BCUT2D eigenvalue weighted by Gasteiger charge is 2.26. The Labute approximate surface area is 163 Å². The third kappa shape index (κ3) is 4.22. The molecule has 6 heteroatoms. The van der Waals surface area contributed by atoms with Crippen LogP contribution in [0.5, 0.6) is 0 Å². The second-order valence-corrected chi connectivity index (χ2v) is 7.32. The Morgan fingerprint density at radius 3 is 2.68 bits per heavy atom. The maximum atomic E-state index is 12.9. The Kier molecular flexibility index (Phi) is 5.67. The third-order valence-electron chi connectivity index (χ3n) is 5.43. The molecule has 4 rings (SSSR count). The lowest BCUT2D eigenvalue weighted by atomic mass is 9.93. The summed E-state index contributed by atoms with van der Waals surface area (Å²) in [6, 6.07) is 14.1. The molecule has 5 nitrogen and oxygen atoms in total. The summed E-state index contributed by atoms with van der Waals surface area (Å²) in [6.07, 6.45) is 2.94. The number of para-hydroxylation sites is 1. The van der Waals surface area contributed by atoms with Crippen LogP contribution in [0.3, 0.4) is 0 Å². The zero-order valence-electron chi connectivity index (χ0n) is 15.7. The number of likely N-dealkylation sites (tertiary alicyclic amines) is 1. The number of carbonyl (C=O) groups excluding carboxylic acids is 1. The molecule has 2 heterocycles. The molecule has 3 aromatic rings. The molecule has 0 unspecified atom stereocenters. The quantitative estimate of drug-likeness (QED) is 0.652. The van der Waals surface area contributed by atoms with E-state index in [0.29, 0.717) is 24.8 Å². The zero-order valence-corrected chi connectivity index (χ0v) is 15.7. The molecule has 1 N–H and O–H groups in total. The van der Waals surface area contributed by atoms with Crippen LogP contribution in [-0.2, 0) is 11.3 Å². The fourth-order valence-electron chi connectivity index (χ4n) is 3.72. The van der Waals surface area contributed by atoms with Crippen LogP contribution in [0.25, 0.3) is 10.9 Å². The first kappa shape index (κ1) is 18.6. The first-order chi connectivity index (χ1) is 13.7. The van der Waals surface area contributed by atoms with E-state index in [-0.39, 0.29) is 11.7 Å². The SMILES string of the molecule is O=C(c1n[nH]c2ccccc12)N1CCC(CCOCc2ccc(F)cc2)CC1. The summed E-state index contributed by atoms with van der Waals surface area (Å²) in [6.45, 7) is 2.69. The summed E-state index contributed by atoms with van der Waals surface area (Å²) < 4.78 is 18.6. The van der Waals surface area contributed by atoms with Crippen molar-refractivity contribution in [3.05, 3.63) is 65.6 Å². The van der Waals surface area contributed by atoms with Gasteiger partial charge in [0.05, 0.1) is 12.1 Å². The van der Waals surface area contributed by atoms with Crippen LogP contribution in [0.1, 0.15) is 35.3 Å². The van der Waals surface area contributed by atoms with Crippen LogP contribution in [0.2, 0.25) is 0 Å². The van der Waals surface area contributed by atoms with Crippen molar-refractivity contribution in [1.29, 1.82) is 0 Å². The lowest BCUT2D eigenvalue weighted by Gasteiger charge is -2.31. The predicted molar refractivity (Wildman–Crippen MR) is 105 cm³/mol. The number of hydrogen-bond acceptors (Lipinski definition) is 3. The number of nitrogens with zero attached hydrogens (tertiary/aromatic N) is 2. The van der Waals surface area contributed by atoms with Crippen LogP contribution in [0.15, 0.2) is 48.5 Å². The molecule has 1 fully saturated rings. The molecule has 146 valence electrons. The van der Waals surface area contributed by atoms with Gasteiger partial charge in [0, 0.05) is 25.1 Å². The summed E-state index contributed by atoms with van der Waals surface area (Å²) in [4.78, 5) is 14.7. The highest BCUT2D eigenvalue weighted by molar-refractivity contribution is 6.04. The lowest BCUT2D eigenvalue weighted by Crippen LogP contribution is -2.39. The topological polar surface area (TPSA) is 58.2 Å². The van der Waals surface area contributed by atoms with Crippen molar-refractivity contribution in [2.45, 2.75) is 25.9 Å². The van der Waals surface area contributed by atoms with Crippen LogP contribution in [0, 0.1) is 11.7 Å². The normalized spacial score (nSPS) is 15.2. The monoisotopic (exact) mass is 381 g/mol. The number of benzene rings is 2. The van der Waals surface area contributed by atoms with E-state index in [1.54, 1.807) is 12.1 Å². The van der Waals surface area contributed by atoms with Gasteiger partial charge in [-0.25, -0.2) is 4.39 Å². The molecule has 0 atom stereocenters. The molecule has 0 aliphatic carbocycles. The van der Waals surface area contributed by atoms with Gasteiger partial charge in [-0.1, -0.05) is 30.3 Å². The fraction of sp³-hybridized carbons (Fsp3) is 0.364. The van der Waals surface area contributed by atoms with E-state index in [2.05, 4.69) is 10.2 Å². The molecule has 28 heavy (non-hydrogen) atoms. The minimum atomic E-state index is -0.229. The maximum Gasteiger partial charge on any atom is 0.274 e. The van der Waals surface area contributed by atoms with Gasteiger partial charge in [-0.15, -0.1) is 0 Å². The van der Waals surface area contributed by atoms with Gasteiger partial charge in [0.1, 0.15) is 5.82 Å². The van der Waals surface area contributed by atoms with Gasteiger partial charge in [-0.2, -0.15) is 5.10 Å². The predicted octanol–water partition coefficient (Wildman–Crippen LogP) is 4.16. The number of aromatic amines is 1. The second kappa shape index (κ2) is 8.52. The summed E-state index contributed by atoms with van der Waals surface area (Å²) in [5, 5.41) is 8.04. The number of halogens is 1. The van der Waals surface area contributed by atoms with Crippen molar-refractivity contribution in [1.82, 2.24) is 15.1 Å². The van der Waals surface area contributed by atoms with E-state index in [9.17, 15) is 9.18 Å². The average Bonchev–Trinajstić information content (AvgIpc) is 3.17. The Morgan fingerprint density at radius 2 is 1.89 bits per heavy atom. The van der Waals surface area contributed by atoms with Crippen molar-refractivity contribution >= 4 is 16.8 Å². The number of carbonyl (C=O) groups is 1. The molecule has 0 spiro atoms.